The van der Waals surface area contributed by atoms with Crippen LogP contribution in [0.15, 0.2) is 59.5 Å². The van der Waals surface area contributed by atoms with Crippen molar-refractivity contribution in [3.8, 4) is 22.6 Å². The molecule has 9 heteroatoms. The summed E-state index contributed by atoms with van der Waals surface area (Å²) in [5.41, 5.74) is 1.01. The lowest BCUT2D eigenvalue weighted by molar-refractivity contribution is 0.439. The molecule has 0 unspecified atom stereocenters. The van der Waals surface area contributed by atoms with Crippen LogP contribution in [0.3, 0.4) is 0 Å². The first-order valence-electron chi connectivity index (χ1n) is 8.63. The van der Waals surface area contributed by atoms with Gasteiger partial charge < -0.3 is 9.30 Å². The van der Waals surface area contributed by atoms with Gasteiger partial charge in [-0.05, 0) is 43.3 Å². The van der Waals surface area contributed by atoms with E-state index < -0.39 is 21.7 Å². The zero-order valence-electron chi connectivity index (χ0n) is 15.6. The molecule has 0 fully saturated rings. The molecule has 1 heterocycles. The van der Waals surface area contributed by atoms with Gasteiger partial charge in [0, 0.05) is 42.2 Å². The fraction of sp³-hybridized carbons (Fsp3) is 0.150. The number of pyridine rings is 1. The fourth-order valence-corrected chi connectivity index (χ4v) is 3.22. The second-order valence-corrected chi connectivity index (χ2v) is 8.27. The number of aromatic nitrogens is 1. The molecule has 29 heavy (non-hydrogen) atoms. The molecule has 1 aromatic heterocycles. The van der Waals surface area contributed by atoms with Crippen LogP contribution in [0.5, 0.6) is 11.5 Å². The van der Waals surface area contributed by atoms with Crippen molar-refractivity contribution in [3.63, 3.8) is 0 Å². The molecular formula is C20H18F2N2O4S. The lowest BCUT2D eigenvalue weighted by Gasteiger charge is -2.15. The Kier molecular flexibility index (Phi) is 5.69. The average Bonchev–Trinajstić information content (AvgIpc) is 2.67. The van der Waals surface area contributed by atoms with E-state index in [-0.39, 0.29) is 28.5 Å². The standard InChI is InChI=1S/C20H18F2N2O4S/c1-3-29(26,27)23-15-6-8-18(28-19-7-5-14(21)10-17(19)22)16(11-15)13-4-9-20(25)24(2)12-13/h4-12,23H,3H2,1-2H3. The molecule has 0 saturated heterocycles. The van der Waals surface area contributed by atoms with Crippen LogP contribution in [-0.4, -0.2) is 18.7 Å². The first kappa shape index (κ1) is 20.5. The molecule has 0 aliphatic carbocycles. The second-order valence-electron chi connectivity index (χ2n) is 6.26. The SMILES string of the molecule is CCS(=O)(=O)Nc1ccc(Oc2ccc(F)cc2F)c(-c2ccc(=O)n(C)c2)c1. The Balaban J connectivity index is 2.11. The minimum atomic E-state index is -3.52. The van der Waals surface area contributed by atoms with Gasteiger partial charge in [-0.2, -0.15) is 0 Å². The van der Waals surface area contributed by atoms with Crippen molar-refractivity contribution in [2.75, 3.05) is 10.5 Å². The topological polar surface area (TPSA) is 77.4 Å². The van der Waals surface area contributed by atoms with E-state index in [0.29, 0.717) is 17.2 Å². The van der Waals surface area contributed by atoms with Crippen molar-refractivity contribution in [1.82, 2.24) is 4.57 Å². The number of aryl methyl sites for hydroxylation is 1. The Labute approximate surface area is 166 Å². The molecule has 0 bridgehead atoms. The van der Waals surface area contributed by atoms with E-state index in [1.165, 1.54) is 35.8 Å². The van der Waals surface area contributed by atoms with Gasteiger partial charge in [-0.15, -0.1) is 0 Å². The Hall–Kier alpha value is -3.20. The molecule has 6 nitrogen and oxygen atoms in total. The lowest BCUT2D eigenvalue weighted by Crippen LogP contribution is -2.15. The molecule has 2 aromatic carbocycles. The van der Waals surface area contributed by atoms with Crippen LogP contribution in [0, 0.1) is 11.6 Å². The minimum Gasteiger partial charge on any atom is -0.454 e. The number of nitrogens with one attached hydrogen (secondary N) is 1. The zero-order valence-corrected chi connectivity index (χ0v) is 16.5. The number of rotatable bonds is 6. The van der Waals surface area contributed by atoms with E-state index in [2.05, 4.69) is 4.72 Å². The second kappa shape index (κ2) is 8.04. The van der Waals surface area contributed by atoms with Crippen LogP contribution >= 0.6 is 0 Å². The van der Waals surface area contributed by atoms with Gasteiger partial charge in [0.25, 0.3) is 0 Å². The number of halogens is 2. The third kappa shape index (κ3) is 4.80. The number of benzene rings is 2. The highest BCUT2D eigenvalue weighted by Gasteiger charge is 2.15. The molecule has 1 N–H and O–H groups in total. The van der Waals surface area contributed by atoms with Crippen molar-refractivity contribution >= 4 is 15.7 Å². The van der Waals surface area contributed by atoms with Gasteiger partial charge in [0.1, 0.15) is 11.6 Å². The number of sulfonamides is 1. The predicted molar refractivity (Wildman–Crippen MR) is 107 cm³/mol. The number of ether oxygens (including phenoxy) is 1. The number of anilines is 1. The van der Waals surface area contributed by atoms with Crippen LogP contribution in [-0.2, 0) is 17.1 Å². The molecule has 3 rings (SSSR count). The van der Waals surface area contributed by atoms with E-state index in [9.17, 15) is 22.0 Å². The van der Waals surface area contributed by atoms with E-state index in [4.69, 9.17) is 4.74 Å². The van der Waals surface area contributed by atoms with Gasteiger partial charge in [0.2, 0.25) is 15.6 Å². The first-order chi connectivity index (χ1) is 13.7. The summed E-state index contributed by atoms with van der Waals surface area (Å²) in [6, 6.07) is 10.3. The highest BCUT2D eigenvalue weighted by atomic mass is 32.2. The summed E-state index contributed by atoms with van der Waals surface area (Å²) in [7, 11) is -1.95. The molecule has 0 amide bonds. The Morgan fingerprint density at radius 1 is 1.03 bits per heavy atom. The summed E-state index contributed by atoms with van der Waals surface area (Å²) in [6.07, 6.45) is 1.55. The third-order valence-corrected chi connectivity index (χ3v) is 5.45. The Morgan fingerprint density at radius 3 is 2.41 bits per heavy atom. The van der Waals surface area contributed by atoms with Gasteiger partial charge in [-0.25, -0.2) is 17.2 Å². The smallest absolute Gasteiger partial charge is 0.250 e. The number of hydrogen-bond donors (Lipinski definition) is 1. The fourth-order valence-electron chi connectivity index (χ4n) is 2.59. The van der Waals surface area contributed by atoms with Gasteiger partial charge in [0.15, 0.2) is 11.6 Å². The summed E-state index contributed by atoms with van der Waals surface area (Å²) in [4.78, 5) is 11.7. The van der Waals surface area contributed by atoms with Crippen molar-refractivity contribution < 1.29 is 21.9 Å². The molecule has 3 aromatic rings. The lowest BCUT2D eigenvalue weighted by atomic mass is 10.1. The van der Waals surface area contributed by atoms with E-state index in [1.54, 1.807) is 19.3 Å². The van der Waals surface area contributed by atoms with E-state index in [1.807, 2.05) is 0 Å². The summed E-state index contributed by atoms with van der Waals surface area (Å²) >= 11 is 0. The zero-order chi connectivity index (χ0) is 21.2. The summed E-state index contributed by atoms with van der Waals surface area (Å²) in [5.74, 6) is -1.72. The molecule has 0 atom stereocenters. The molecular weight excluding hydrogens is 402 g/mol. The molecule has 0 radical (unpaired) electrons. The quantitative estimate of drug-likeness (QED) is 0.657. The minimum absolute atomic E-state index is 0.110. The average molecular weight is 420 g/mol. The number of hydrogen-bond acceptors (Lipinski definition) is 4. The molecule has 152 valence electrons. The summed E-state index contributed by atoms with van der Waals surface area (Å²) in [6.45, 7) is 1.50. The monoisotopic (exact) mass is 420 g/mol. The van der Waals surface area contributed by atoms with Crippen LogP contribution in [0.1, 0.15) is 6.92 Å². The van der Waals surface area contributed by atoms with Crippen LogP contribution in [0.2, 0.25) is 0 Å². The Bertz CT molecular complexity index is 1220. The largest absolute Gasteiger partial charge is 0.454 e. The summed E-state index contributed by atoms with van der Waals surface area (Å²) < 4.78 is 60.4. The van der Waals surface area contributed by atoms with Gasteiger partial charge in [0.05, 0.1) is 5.75 Å². The van der Waals surface area contributed by atoms with Crippen LogP contribution < -0.4 is 15.0 Å². The van der Waals surface area contributed by atoms with Crippen molar-refractivity contribution in [1.29, 1.82) is 0 Å². The normalized spacial score (nSPS) is 11.3. The highest BCUT2D eigenvalue weighted by molar-refractivity contribution is 7.92. The van der Waals surface area contributed by atoms with Crippen LogP contribution in [0.4, 0.5) is 14.5 Å². The van der Waals surface area contributed by atoms with Gasteiger partial charge >= 0.3 is 0 Å². The third-order valence-electron chi connectivity index (χ3n) is 4.14. The predicted octanol–water partition coefficient (Wildman–Crippen LogP) is 3.88. The molecule has 0 saturated carbocycles. The Morgan fingerprint density at radius 2 is 1.76 bits per heavy atom. The van der Waals surface area contributed by atoms with Crippen molar-refractivity contribution in [3.05, 3.63) is 76.7 Å². The van der Waals surface area contributed by atoms with Gasteiger partial charge in [-0.3, -0.25) is 9.52 Å². The van der Waals surface area contributed by atoms with E-state index >= 15 is 0 Å². The van der Waals surface area contributed by atoms with Crippen LogP contribution in [0.25, 0.3) is 11.1 Å². The maximum Gasteiger partial charge on any atom is 0.250 e. The first-order valence-corrected chi connectivity index (χ1v) is 10.3. The highest BCUT2D eigenvalue weighted by Crippen LogP contribution is 2.36. The maximum atomic E-state index is 14.0. The summed E-state index contributed by atoms with van der Waals surface area (Å²) in [5, 5.41) is 0. The maximum absolute atomic E-state index is 14.0. The van der Waals surface area contributed by atoms with E-state index in [0.717, 1.165) is 12.1 Å². The molecule has 0 aliphatic heterocycles. The molecule has 0 spiro atoms. The number of nitrogens with zero attached hydrogens (tertiary/aromatic N) is 1. The van der Waals surface area contributed by atoms with Crippen molar-refractivity contribution in [2.24, 2.45) is 7.05 Å². The molecule has 0 aliphatic rings. The van der Waals surface area contributed by atoms with Crippen molar-refractivity contribution in [2.45, 2.75) is 6.92 Å². The van der Waals surface area contributed by atoms with Gasteiger partial charge in [-0.1, -0.05) is 0 Å².